The van der Waals surface area contributed by atoms with E-state index in [0.717, 1.165) is 79.1 Å². The number of carboxylic acids is 1. The van der Waals surface area contributed by atoms with Gasteiger partial charge < -0.3 is 40.0 Å². The average Bonchev–Trinajstić information content (AvgIpc) is 1.74. The summed E-state index contributed by atoms with van der Waals surface area (Å²) in [6.07, 6.45) is 0.565. The fraction of sp³-hybridized carbons (Fsp3) is 0.197. The van der Waals surface area contributed by atoms with Gasteiger partial charge in [-0.2, -0.15) is 0 Å². The Balaban J connectivity index is 0.000000164. The van der Waals surface area contributed by atoms with E-state index in [-0.39, 0.29) is 61.0 Å². The Morgan fingerprint density at radius 1 is 0.413 bits per heavy atom. The number of fused-ring (bicyclic) bond motifs is 3. The number of nitrogens with one attached hydrogen (secondary N) is 3. The number of hydrogen-bond donors (Lipinski definition) is 4. The van der Waals surface area contributed by atoms with E-state index in [0.29, 0.717) is 35.0 Å². The minimum Gasteiger partial charge on any atom is -0.478 e. The average molecular weight is 1350 g/mol. The van der Waals surface area contributed by atoms with Crippen molar-refractivity contribution in [1.82, 2.24) is 30.9 Å². The molecule has 4 N–H and O–H groups in total. The number of nitrogens with zero attached hydrogens (tertiary/aromatic N) is 3. The molecule has 3 heterocycles. The minimum absolute atomic E-state index is 0.110. The van der Waals surface area contributed by atoms with E-state index in [1.807, 2.05) is 169 Å². The summed E-state index contributed by atoms with van der Waals surface area (Å²) >= 11 is 7.87. The molecule has 0 aliphatic heterocycles. The molecule has 3 amide bonds. The van der Waals surface area contributed by atoms with Crippen LogP contribution in [0.5, 0.6) is 23.0 Å². The van der Waals surface area contributed by atoms with Gasteiger partial charge in [0.1, 0.15) is 49.2 Å². The second kappa shape index (κ2) is 30.9. The fourth-order valence-corrected chi connectivity index (χ4v) is 12.3. The van der Waals surface area contributed by atoms with E-state index >= 15 is 0 Å². The van der Waals surface area contributed by atoms with Gasteiger partial charge in [0.2, 0.25) is 17.7 Å². The molecule has 0 spiro atoms. The van der Waals surface area contributed by atoms with Gasteiger partial charge in [-0.25, -0.2) is 29.3 Å². The topological polar surface area (TPSA) is 234 Å². The molecule has 8 aromatic carbocycles. The van der Waals surface area contributed by atoms with E-state index in [9.17, 15) is 28.8 Å². The first-order chi connectivity index (χ1) is 44.0. The number of esters is 2. The Kier molecular flexibility index (Phi) is 22.4. The third-order valence-corrected chi connectivity index (χ3v) is 16.4. The Bertz CT molecular complexity index is 4430. The van der Waals surface area contributed by atoms with Crippen molar-refractivity contribution in [2.24, 2.45) is 0 Å². The Morgan fingerprint density at radius 2 is 0.761 bits per heavy atom. The molecule has 0 radical (unpaired) electrons. The van der Waals surface area contributed by atoms with E-state index in [2.05, 4.69) is 46.8 Å². The van der Waals surface area contributed by atoms with Gasteiger partial charge in [0.25, 0.3) is 0 Å². The van der Waals surface area contributed by atoms with Crippen molar-refractivity contribution in [2.75, 3.05) is 0 Å². The second-order valence-corrected chi connectivity index (χ2v) is 27.1. The predicted octanol–water partition coefficient (Wildman–Crippen LogP) is 15.4. The van der Waals surface area contributed by atoms with Crippen LogP contribution in [-0.4, -0.2) is 66.9 Å². The number of rotatable bonds is 19. The lowest BCUT2D eigenvalue weighted by Gasteiger charge is -2.19. The maximum atomic E-state index is 12.5. The number of thiazole rings is 3. The first-order valence-corrected chi connectivity index (χ1v) is 32.3. The first kappa shape index (κ1) is 66.7. The molecule has 0 bridgehead atoms. The van der Waals surface area contributed by atoms with Crippen molar-refractivity contribution in [3.8, 4) is 23.0 Å². The fourth-order valence-electron chi connectivity index (χ4n) is 8.76. The summed E-state index contributed by atoms with van der Waals surface area (Å²) in [7, 11) is 0. The standard InChI is InChI=1S/C27H26N2O4S.C23H18N2O4S.C21H21BrN2O3S/c1-27(2,3)33-26(31)19-9-7-8-18(14-19)17-28-24(30)16-25-29-22-13-12-21(15-23(22)34-25)32-20-10-5-4-6-11-20;26-21(24-14-15-5-4-6-16(11-15)23(27)28)13-22-25-19-10-9-18(12-20(19)30-22)29-17-7-2-1-3-8-17;1-21(2,3)27-20(26)14-6-4-5-13(9-14)12-23-18(25)11-19-24-16-8-7-15(22)10-17(16)28-19/h4-15H,16-17H2,1-3H3,(H,28,30);1-12H,13-14H2,(H,24,26)(H,27,28);4-10H,11-12H2,1-3H3,(H,23,25). The predicted molar refractivity (Wildman–Crippen MR) is 363 cm³/mol. The van der Waals surface area contributed by atoms with Gasteiger partial charge in [-0.1, -0.05) is 88.7 Å². The van der Waals surface area contributed by atoms with Gasteiger partial charge >= 0.3 is 17.9 Å². The molecule has 92 heavy (non-hydrogen) atoms. The third kappa shape index (κ3) is 20.7. The molecule has 470 valence electrons. The molecule has 0 fully saturated rings. The molecule has 11 rings (SSSR count). The smallest absolute Gasteiger partial charge is 0.338 e. The summed E-state index contributed by atoms with van der Waals surface area (Å²) in [4.78, 5) is 86.2. The SMILES string of the molecule is CC(C)(C)OC(=O)c1cccc(CNC(=O)Cc2nc3ccc(Br)cc3s2)c1.CC(C)(C)OC(=O)c1cccc(CNC(=O)Cc2nc3ccc(Oc4ccccc4)cc3s2)c1.O=C(Cc1nc2ccc(Oc3ccccc3)cc2s1)NCc1cccc(C(=O)O)c1. The van der Waals surface area contributed by atoms with Gasteiger partial charge in [-0.15, -0.1) is 34.0 Å². The highest BCUT2D eigenvalue weighted by molar-refractivity contribution is 9.10. The molecule has 0 aliphatic carbocycles. The number of aromatic carboxylic acids is 1. The van der Waals surface area contributed by atoms with Gasteiger partial charge in [-0.05, 0) is 161 Å². The lowest BCUT2D eigenvalue weighted by molar-refractivity contribution is -0.121. The molecular formula is C71H65BrN6O11S3. The van der Waals surface area contributed by atoms with Crippen molar-refractivity contribution < 1.29 is 52.8 Å². The molecule has 0 unspecified atom stereocenters. The van der Waals surface area contributed by atoms with E-state index in [1.54, 1.807) is 54.6 Å². The molecule has 0 saturated heterocycles. The van der Waals surface area contributed by atoms with Crippen LogP contribution >= 0.6 is 49.9 Å². The first-order valence-electron chi connectivity index (χ1n) is 29.1. The normalized spacial score (nSPS) is 11.1. The van der Waals surface area contributed by atoms with Gasteiger partial charge in [0, 0.05) is 36.2 Å². The minimum atomic E-state index is -0.992. The molecule has 0 saturated carbocycles. The molecule has 17 nitrogen and oxygen atoms in total. The maximum absolute atomic E-state index is 12.5. The van der Waals surface area contributed by atoms with Crippen molar-refractivity contribution in [2.45, 2.75) is 91.6 Å². The highest BCUT2D eigenvalue weighted by Gasteiger charge is 2.21. The zero-order valence-electron chi connectivity index (χ0n) is 51.1. The number of para-hydroxylation sites is 2. The molecule has 3 aromatic heterocycles. The van der Waals surface area contributed by atoms with Crippen LogP contribution in [0.25, 0.3) is 30.6 Å². The molecule has 0 atom stereocenters. The molecule has 0 aliphatic rings. The van der Waals surface area contributed by atoms with E-state index in [4.69, 9.17) is 24.1 Å². The van der Waals surface area contributed by atoms with Crippen LogP contribution < -0.4 is 25.4 Å². The Morgan fingerprint density at radius 3 is 1.13 bits per heavy atom. The van der Waals surface area contributed by atoms with E-state index < -0.39 is 17.2 Å². The van der Waals surface area contributed by atoms with Crippen LogP contribution in [-0.2, 0) is 62.8 Å². The van der Waals surface area contributed by atoms with Crippen molar-refractivity contribution >= 4 is 116 Å². The number of carboxylic acid groups (broad SMARTS) is 1. The molecule has 11 aromatic rings. The van der Waals surface area contributed by atoms with Gasteiger partial charge in [0.05, 0.1) is 66.6 Å². The van der Waals surface area contributed by atoms with Gasteiger partial charge in [0.15, 0.2) is 0 Å². The van der Waals surface area contributed by atoms with Crippen LogP contribution in [0.3, 0.4) is 0 Å². The highest BCUT2D eigenvalue weighted by atomic mass is 79.9. The lowest BCUT2D eigenvalue weighted by Crippen LogP contribution is -2.25. The number of ether oxygens (including phenoxy) is 4. The van der Waals surface area contributed by atoms with E-state index in [1.165, 1.54) is 40.1 Å². The van der Waals surface area contributed by atoms with Crippen LogP contribution in [0.1, 0.15) is 104 Å². The van der Waals surface area contributed by atoms with Crippen LogP contribution in [0, 0.1) is 0 Å². The zero-order chi connectivity index (χ0) is 65.4. The molecule has 21 heteroatoms. The zero-order valence-corrected chi connectivity index (χ0v) is 55.2. The summed E-state index contributed by atoms with van der Waals surface area (Å²) in [5.41, 5.74) is 4.95. The second-order valence-electron chi connectivity index (χ2n) is 22.8. The highest BCUT2D eigenvalue weighted by Crippen LogP contribution is 2.32. The number of hydrogen-bond acceptors (Lipinski definition) is 16. The summed E-state index contributed by atoms with van der Waals surface area (Å²) < 4.78 is 26.5. The molecular weight excluding hydrogens is 1290 g/mol. The summed E-state index contributed by atoms with van der Waals surface area (Å²) in [5.74, 6) is 0.795. The summed E-state index contributed by atoms with van der Waals surface area (Å²) in [6, 6.07) is 57.0. The number of carbonyl (C=O) groups is 6. The number of benzene rings is 8. The lowest BCUT2D eigenvalue weighted by atomic mass is 10.1. The van der Waals surface area contributed by atoms with Crippen molar-refractivity contribution in [3.05, 3.63) is 241 Å². The summed E-state index contributed by atoms with van der Waals surface area (Å²) in [6.45, 7) is 11.9. The number of carbonyl (C=O) groups excluding carboxylic acids is 5. The summed E-state index contributed by atoms with van der Waals surface area (Å²) in [5, 5.41) is 19.9. The Labute approximate surface area is 552 Å². The van der Waals surface area contributed by atoms with Crippen LogP contribution in [0.4, 0.5) is 0 Å². The quantitative estimate of drug-likeness (QED) is 0.0552. The maximum Gasteiger partial charge on any atom is 0.338 e. The van der Waals surface area contributed by atoms with Crippen molar-refractivity contribution in [1.29, 1.82) is 0 Å². The Hall–Kier alpha value is -9.67. The van der Waals surface area contributed by atoms with Crippen LogP contribution in [0.15, 0.2) is 193 Å². The van der Waals surface area contributed by atoms with Gasteiger partial charge in [-0.3, -0.25) is 14.4 Å². The third-order valence-electron chi connectivity index (χ3n) is 12.9. The number of aromatic nitrogens is 3. The number of amides is 3. The largest absolute Gasteiger partial charge is 0.478 e. The van der Waals surface area contributed by atoms with Crippen molar-refractivity contribution in [3.63, 3.8) is 0 Å². The number of halogens is 1. The monoisotopic (exact) mass is 1350 g/mol. The van der Waals surface area contributed by atoms with Crippen LogP contribution in [0.2, 0.25) is 0 Å².